The zero-order valence-electron chi connectivity index (χ0n) is 15.8. The molecule has 7 heteroatoms. The van der Waals surface area contributed by atoms with Gasteiger partial charge in [0.05, 0.1) is 25.7 Å². The van der Waals surface area contributed by atoms with Crippen molar-refractivity contribution in [3.05, 3.63) is 40.2 Å². The Morgan fingerprint density at radius 1 is 1.07 bits per heavy atom. The van der Waals surface area contributed by atoms with Crippen LogP contribution in [0.25, 0.3) is 6.08 Å². The molecule has 0 spiro atoms. The number of benzene rings is 1. The van der Waals surface area contributed by atoms with E-state index in [1.54, 1.807) is 0 Å². The van der Waals surface area contributed by atoms with E-state index >= 15 is 0 Å². The fourth-order valence-corrected chi connectivity index (χ4v) is 8.44. The number of hydrogen-bond acceptors (Lipinski definition) is 5. The maximum Gasteiger partial charge on any atom is 0.341 e. The van der Waals surface area contributed by atoms with Gasteiger partial charge in [-0.2, -0.15) is 0 Å². The highest BCUT2D eigenvalue weighted by molar-refractivity contribution is 6.33. The average Bonchev–Trinajstić information content (AvgIpc) is 2.72. The lowest BCUT2D eigenvalue weighted by Gasteiger charge is -3.11. The summed E-state index contributed by atoms with van der Waals surface area (Å²) in [4.78, 5) is 37.8. The molecule has 0 N–H and O–H groups in total. The molecule has 29 heavy (non-hydrogen) atoms. The number of esters is 2. The molecule has 5 nitrogen and oxygen atoms in total. The van der Waals surface area contributed by atoms with E-state index in [0.717, 1.165) is 6.07 Å². The Morgan fingerprint density at radius 2 is 1.69 bits per heavy atom. The molecule has 6 fully saturated rings. The lowest BCUT2D eigenvalue weighted by molar-refractivity contribution is -0.639. The van der Waals surface area contributed by atoms with Gasteiger partial charge in [-0.1, -0.05) is 17.7 Å². The largest absolute Gasteiger partial charge is 0.469 e. The van der Waals surface area contributed by atoms with E-state index in [0.29, 0.717) is 29.7 Å². The molecule has 0 amide bonds. The minimum atomic E-state index is -0.701. The summed E-state index contributed by atoms with van der Waals surface area (Å²) in [7, 11) is 2.64. The van der Waals surface area contributed by atoms with E-state index in [1.807, 2.05) is 0 Å². The molecule has 1 aromatic rings. The maximum atomic E-state index is 13.5. The Labute approximate surface area is 171 Å². The molecule has 0 radical (unpaired) electrons. The first-order valence-corrected chi connectivity index (χ1v) is 10.1. The third-order valence-electron chi connectivity index (χ3n) is 8.82. The van der Waals surface area contributed by atoms with E-state index < -0.39 is 17.2 Å². The minimum absolute atomic E-state index is 0.0290. The van der Waals surface area contributed by atoms with Gasteiger partial charge in [0.2, 0.25) is 0 Å². The third kappa shape index (κ3) is 1.53. The van der Waals surface area contributed by atoms with Gasteiger partial charge < -0.3 is 9.47 Å². The average molecular weight is 417 g/mol. The van der Waals surface area contributed by atoms with Crippen molar-refractivity contribution in [2.45, 2.75) is 6.42 Å². The molecule has 1 aromatic carbocycles. The van der Waals surface area contributed by atoms with Crippen LogP contribution in [0.15, 0.2) is 23.8 Å². The van der Waals surface area contributed by atoms with E-state index in [2.05, 4.69) is 0 Å². The fourth-order valence-electron chi connectivity index (χ4n) is 8.22. The number of carbonyl (C=O) groups is 3. The van der Waals surface area contributed by atoms with Crippen LogP contribution in [0.4, 0.5) is 4.39 Å². The molecule has 7 rings (SSSR count). The summed E-state index contributed by atoms with van der Waals surface area (Å²) in [6.45, 7) is 0. The van der Waals surface area contributed by atoms with Gasteiger partial charge in [-0.25, -0.2) is 9.18 Å². The molecule has 0 aliphatic heterocycles. The van der Waals surface area contributed by atoms with Gasteiger partial charge in [0, 0.05) is 5.41 Å². The predicted octanol–water partition coefficient (Wildman–Crippen LogP) is 2.91. The Kier molecular flexibility index (Phi) is 3.10. The number of Topliss-reactive ketones (excluding diaryl/α,β-unsaturated/α-hetero) is 1. The second-order valence-electron chi connectivity index (χ2n) is 9.00. The number of ether oxygens (including phenoxy) is 2. The van der Waals surface area contributed by atoms with Crippen LogP contribution in [-0.4, -0.2) is 31.9 Å². The first-order chi connectivity index (χ1) is 13.8. The van der Waals surface area contributed by atoms with E-state index in [9.17, 15) is 18.8 Å². The van der Waals surface area contributed by atoms with Crippen LogP contribution in [0.1, 0.15) is 12.0 Å². The fraction of sp³-hybridized carbons (Fsp3) is 0.500. The number of rotatable bonds is 6. The zero-order chi connectivity index (χ0) is 20.5. The SMILES string of the molecule is COC(=O)CC12C3C4C1C1C2C3C41C(=O)C(=Cc1ccc(F)cc1Cl)C(=O)OC. The highest BCUT2D eigenvalue weighted by Gasteiger charge is 3.10. The summed E-state index contributed by atoms with van der Waals surface area (Å²) in [5, 5.41) is 0.130. The van der Waals surface area contributed by atoms with Crippen molar-refractivity contribution >= 4 is 35.4 Å². The number of halogens is 2. The van der Waals surface area contributed by atoms with Crippen LogP contribution < -0.4 is 0 Å². The van der Waals surface area contributed by atoms with Crippen LogP contribution in [0.3, 0.4) is 0 Å². The van der Waals surface area contributed by atoms with Crippen LogP contribution in [0.5, 0.6) is 0 Å². The number of methoxy groups -OCH3 is 2. The van der Waals surface area contributed by atoms with E-state index in [-0.39, 0.29) is 45.5 Å². The molecule has 6 saturated carbocycles. The van der Waals surface area contributed by atoms with Crippen molar-refractivity contribution in [3.8, 4) is 0 Å². The molecule has 0 bridgehead atoms. The monoisotopic (exact) mass is 416 g/mol. The number of ketones is 1. The summed E-state index contributed by atoms with van der Waals surface area (Å²) < 4.78 is 23.1. The lowest BCUT2D eigenvalue weighted by Crippen LogP contribution is -3.11. The quantitative estimate of drug-likeness (QED) is 0.309. The molecule has 0 heterocycles. The maximum absolute atomic E-state index is 13.5. The van der Waals surface area contributed by atoms with Crippen molar-refractivity contribution in [1.29, 1.82) is 0 Å². The second kappa shape index (κ2) is 5.09. The van der Waals surface area contributed by atoms with Crippen molar-refractivity contribution in [1.82, 2.24) is 0 Å². The number of carbonyl (C=O) groups excluding carboxylic acids is 3. The molecule has 150 valence electrons. The van der Waals surface area contributed by atoms with Gasteiger partial charge in [0.25, 0.3) is 0 Å². The van der Waals surface area contributed by atoms with Crippen LogP contribution in [-0.2, 0) is 23.9 Å². The second-order valence-corrected chi connectivity index (χ2v) is 9.40. The highest BCUT2D eigenvalue weighted by atomic mass is 35.5. The summed E-state index contributed by atoms with van der Waals surface area (Å²) in [5.74, 6) is 0.436. The molecule has 0 unspecified atom stereocenters. The smallest absolute Gasteiger partial charge is 0.341 e. The topological polar surface area (TPSA) is 69.7 Å². The van der Waals surface area contributed by atoms with Crippen LogP contribution in [0.2, 0.25) is 5.02 Å². The minimum Gasteiger partial charge on any atom is -0.469 e. The molecular formula is C22H18ClFO5. The molecule has 0 saturated heterocycles. The van der Waals surface area contributed by atoms with Gasteiger partial charge in [0.1, 0.15) is 11.4 Å². The van der Waals surface area contributed by atoms with E-state index in [4.69, 9.17) is 21.1 Å². The Balaban J connectivity index is 1.30. The van der Waals surface area contributed by atoms with Crippen LogP contribution >= 0.6 is 11.6 Å². The molecule has 6 aliphatic rings. The normalized spacial score (nSPS) is 43.5. The summed E-state index contributed by atoms with van der Waals surface area (Å²) in [6.07, 6.45) is 1.86. The summed E-state index contributed by atoms with van der Waals surface area (Å²) in [6, 6.07) is 3.82. The highest BCUT2D eigenvalue weighted by Crippen LogP contribution is 3.11. The number of hydrogen-bond donors (Lipinski definition) is 0. The van der Waals surface area contributed by atoms with Crippen molar-refractivity contribution in [3.63, 3.8) is 0 Å². The van der Waals surface area contributed by atoms with E-state index in [1.165, 1.54) is 32.4 Å². The van der Waals surface area contributed by atoms with Gasteiger partial charge in [-0.15, -0.1) is 0 Å². The van der Waals surface area contributed by atoms with Crippen molar-refractivity contribution in [2.24, 2.45) is 46.3 Å². The molecular weight excluding hydrogens is 399 g/mol. The molecule has 0 aromatic heterocycles. The van der Waals surface area contributed by atoms with Gasteiger partial charge >= 0.3 is 11.9 Å². The van der Waals surface area contributed by atoms with Gasteiger partial charge in [0.15, 0.2) is 5.78 Å². The summed E-state index contributed by atoms with van der Waals surface area (Å²) >= 11 is 6.09. The first kappa shape index (κ1) is 17.6. The van der Waals surface area contributed by atoms with Gasteiger partial charge in [-0.3, -0.25) is 9.59 Å². The third-order valence-corrected chi connectivity index (χ3v) is 9.15. The standard InChI is InChI=1S/C22H18ClFO5/c1-28-12(25)7-21-13-16-14(21)18-15(21)17(13)22(16,18)19(26)10(20(27)29-2)5-8-3-4-9(24)6-11(8)23/h3-6,13-18H,7H2,1-2H3. The Morgan fingerprint density at radius 3 is 2.21 bits per heavy atom. The van der Waals surface area contributed by atoms with Crippen molar-refractivity contribution in [2.75, 3.05) is 14.2 Å². The predicted molar refractivity (Wildman–Crippen MR) is 98.8 cm³/mol. The van der Waals surface area contributed by atoms with Gasteiger partial charge in [-0.05, 0) is 64.7 Å². The zero-order valence-corrected chi connectivity index (χ0v) is 16.5. The van der Waals surface area contributed by atoms with Crippen LogP contribution in [0, 0.1) is 52.2 Å². The van der Waals surface area contributed by atoms with Crippen molar-refractivity contribution < 1.29 is 28.2 Å². The summed E-state index contributed by atoms with van der Waals surface area (Å²) in [5.41, 5.74) is -0.0332. The molecule has 6 aliphatic carbocycles. The lowest BCUT2D eigenvalue weighted by atomic mass is 8.91. The Bertz CT molecular complexity index is 1010. The Hall–Kier alpha value is -2.21. The molecule has 0 atom stereocenters. The first-order valence-electron chi connectivity index (χ1n) is 9.72.